The van der Waals surface area contributed by atoms with E-state index < -0.39 is 21.6 Å². The summed E-state index contributed by atoms with van der Waals surface area (Å²) in [5, 5.41) is 0. The average molecular weight is 410 g/mol. The molecule has 0 aromatic carbocycles. The first-order chi connectivity index (χ1) is 10.8. The summed E-state index contributed by atoms with van der Waals surface area (Å²) in [6.07, 6.45) is 11.2. The quantitative estimate of drug-likeness (QED) is 0.281. The molecule has 0 bridgehead atoms. The third-order valence-corrected chi connectivity index (χ3v) is 12.1. The van der Waals surface area contributed by atoms with Crippen LogP contribution >= 0.6 is 0 Å². The number of rotatable bonds is 15. The van der Waals surface area contributed by atoms with E-state index in [0.717, 1.165) is 4.13 Å². The van der Waals surface area contributed by atoms with Gasteiger partial charge in [-0.05, 0) is 0 Å². The van der Waals surface area contributed by atoms with Crippen molar-refractivity contribution in [3.63, 3.8) is 0 Å². The van der Waals surface area contributed by atoms with E-state index in [1.54, 1.807) is 0 Å². The molecule has 0 rings (SSSR count). The standard InChI is InChI=1S/C10H21.3C3H7O.Zr/c1-3-5-7-9-10-8-6-4-2;3*1-3(2)4;/h1,3-10H2,2H3;3*3H,1-2H3;/q;3*-1;+3. The molecule has 0 saturated heterocycles. The average Bonchev–Trinajstić information content (AvgIpc) is 2.39. The molecule has 0 aliphatic heterocycles. The minimum atomic E-state index is -3.42. The monoisotopic (exact) mass is 408 g/mol. The molecule has 0 aromatic rings. The zero-order chi connectivity index (χ0) is 17.7. The molecule has 0 radical (unpaired) electrons. The Hall–Kier alpha value is 0.763. The van der Waals surface area contributed by atoms with Gasteiger partial charge in [-0.15, -0.1) is 0 Å². The van der Waals surface area contributed by atoms with Gasteiger partial charge in [0.05, 0.1) is 0 Å². The Morgan fingerprint density at radius 3 is 1.26 bits per heavy atom. The molecule has 0 aliphatic rings. The van der Waals surface area contributed by atoms with Crippen molar-refractivity contribution < 1.29 is 30.0 Å². The molecule has 23 heavy (non-hydrogen) atoms. The van der Waals surface area contributed by atoms with Gasteiger partial charge in [-0.2, -0.15) is 0 Å². The number of hydrogen-bond acceptors (Lipinski definition) is 3. The molecule has 0 atom stereocenters. The number of hydrogen-bond donors (Lipinski definition) is 0. The number of unbranched alkanes of at least 4 members (excludes halogenated alkanes) is 7. The van der Waals surface area contributed by atoms with Gasteiger partial charge in [0.2, 0.25) is 0 Å². The third-order valence-electron chi connectivity index (χ3n) is 3.58. The van der Waals surface area contributed by atoms with Crippen LogP contribution in [0.5, 0.6) is 0 Å². The van der Waals surface area contributed by atoms with E-state index in [1.165, 1.54) is 51.4 Å². The van der Waals surface area contributed by atoms with Crippen LogP contribution in [0.2, 0.25) is 4.13 Å². The second-order valence-electron chi connectivity index (χ2n) is 7.41. The topological polar surface area (TPSA) is 27.7 Å². The molecule has 0 fully saturated rings. The summed E-state index contributed by atoms with van der Waals surface area (Å²) in [5.74, 6) is 0. The van der Waals surface area contributed by atoms with Gasteiger partial charge in [0, 0.05) is 0 Å². The molecular weight excluding hydrogens is 367 g/mol. The summed E-state index contributed by atoms with van der Waals surface area (Å²) < 4.78 is 19.9. The molecule has 0 saturated carbocycles. The van der Waals surface area contributed by atoms with Crippen molar-refractivity contribution in [1.82, 2.24) is 0 Å². The van der Waals surface area contributed by atoms with E-state index in [0.29, 0.717) is 0 Å². The fourth-order valence-corrected chi connectivity index (χ4v) is 11.1. The van der Waals surface area contributed by atoms with Gasteiger partial charge in [0.15, 0.2) is 0 Å². The minimum absolute atomic E-state index is 0.178. The first-order valence-electron chi connectivity index (χ1n) is 9.84. The van der Waals surface area contributed by atoms with E-state index in [9.17, 15) is 0 Å². The van der Waals surface area contributed by atoms with Crippen LogP contribution in [0.15, 0.2) is 0 Å². The summed E-state index contributed by atoms with van der Waals surface area (Å²) in [6.45, 7) is 14.8. The second kappa shape index (κ2) is 14.0. The van der Waals surface area contributed by atoms with Gasteiger partial charge in [-0.1, -0.05) is 0 Å². The maximum absolute atomic E-state index is 6.28. The first kappa shape index (κ1) is 23.8. The Labute approximate surface area is 152 Å². The van der Waals surface area contributed by atoms with Crippen LogP contribution in [0.1, 0.15) is 99.8 Å². The molecule has 0 amide bonds. The predicted molar refractivity (Wildman–Crippen MR) is 96.1 cm³/mol. The summed E-state index contributed by atoms with van der Waals surface area (Å²) in [5.41, 5.74) is 0. The van der Waals surface area contributed by atoms with Crippen molar-refractivity contribution in [3.05, 3.63) is 0 Å². The van der Waals surface area contributed by atoms with E-state index in [-0.39, 0.29) is 18.3 Å². The third kappa shape index (κ3) is 13.7. The summed E-state index contributed by atoms with van der Waals surface area (Å²) in [6, 6.07) is 0. The van der Waals surface area contributed by atoms with Crippen LogP contribution in [0.4, 0.5) is 0 Å². The Bertz CT molecular complexity index is 241. The van der Waals surface area contributed by atoms with Crippen molar-refractivity contribution in [3.8, 4) is 0 Å². The summed E-state index contributed by atoms with van der Waals surface area (Å²) in [4.78, 5) is 0. The van der Waals surface area contributed by atoms with Crippen LogP contribution in [0, 0.1) is 0 Å². The van der Waals surface area contributed by atoms with Gasteiger partial charge >= 0.3 is 152 Å². The van der Waals surface area contributed by atoms with Gasteiger partial charge in [-0.25, -0.2) is 0 Å². The van der Waals surface area contributed by atoms with E-state index >= 15 is 0 Å². The van der Waals surface area contributed by atoms with E-state index in [1.807, 2.05) is 0 Å². The SMILES string of the molecule is CCCCCCCCC[CH2][Zr]([O]C(C)C)([O]C(C)C)[O]C(C)C. The molecule has 0 N–H and O–H groups in total. The van der Waals surface area contributed by atoms with Crippen molar-refractivity contribution in [1.29, 1.82) is 0 Å². The predicted octanol–water partition coefficient (Wildman–Crippen LogP) is 6.72. The Balaban J connectivity index is 4.32. The van der Waals surface area contributed by atoms with Crippen LogP contribution in [0.25, 0.3) is 0 Å². The molecule has 4 heteroatoms. The normalized spacial score (nSPS) is 12.8. The first-order valence-corrected chi connectivity index (χ1v) is 14.6. The molecule has 0 spiro atoms. The summed E-state index contributed by atoms with van der Waals surface area (Å²) in [7, 11) is 0. The van der Waals surface area contributed by atoms with E-state index in [2.05, 4.69) is 48.5 Å². The van der Waals surface area contributed by atoms with Gasteiger partial charge in [-0.3, -0.25) is 0 Å². The summed E-state index contributed by atoms with van der Waals surface area (Å²) >= 11 is -3.42. The molecule has 0 aromatic heterocycles. The Kier molecular flexibility index (Phi) is 14.5. The maximum atomic E-state index is 6.28. The van der Waals surface area contributed by atoms with Gasteiger partial charge in [0.25, 0.3) is 0 Å². The van der Waals surface area contributed by atoms with Crippen molar-refractivity contribution in [2.75, 3.05) is 0 Å². The Morgan fingerprint density at radius 2 is 0.913 bits per heavy atom. The van der Waals surface area contributed by atoms with Crippen LogP contribution in [-0.4, -0.2) is 18.3 Å². The van der Waals surface area contributed by atoms with Gasteiger partial charge < -0.3 is 0 Å². The van der Waals surface area contributed by atoms with E-state index in [4.69, 9.17) is 8.44 Å². The second-order valence-corrected chi connectivity index (χ2v) is 13.7. The molecule has 140 valence electrons. The Morgan fingerprint density at radius 1 is 0.565 bits per heavy atom. The molecule has 3 nitrogen and oxygen atoms in total. The van der Waals surface area contributed by atoms with Crippen LogP contribution in [-0.2, 0) is 30.0 Å². The molecular formula is C19H42O3Zr. The van der Waals surface area contributed by atoms with Gasteiger partial charge in [0.1, 0.15) is 0 Å². The van der Waals surface area contributed by atoms with Crippen LogP contribution in [0.3, 0.4) is 0 Å². The van der Waals surface area contributed by atoms with Crippen LogP contribution < -0.4 is 0 Å². The fourth-order valence-electron chi connectivity index (χ4n) is 2.81. The molecule has 0 heterocycles. The van der Waals surface area contributed by atoms with Crippen molar-refractivity contribution in [2.45, 2.75) is 122 Å². The zero-order valence-electron chi connectivity index (χ0n) is 16.8. The molecule has 0 aliphatic carbocycles. The molecule has 0 unspecified atom stereocenters. The fraction of sp³-hybridized carbons (Fsp3) is 1.00. The zero-order valence-corrected chi connectivity index (χ0v) is 19.3. The van der Waals surface area contributed by atoms with Crippen molar-refractivity contribution in [2.24, 2.45) is 0 Å². The van der Waals surface area contributed by atoms with Crippen molar-refractivity contribution >= 4 is 0 Å².